The van der Waals surface area contributed by atoms with Crippen LogP contribution in [0.25, 0.3) is 10.6 Å². The molecule has 4 rings (SSSR count). The van der Waals surface area contributed by atoms with Crippen molar-refractivity contribution in [1.82, 2.24) is 9.88 Å². The maximum absolute atomic E-state index is 12.8. The number of thiophene rings is 1. The summed E-state index contributed by atoms with van der Waals surface area (Å²) >= 11 is 13.1. The van der Waals surface area contributed by atoms with Crippen LogP contribution in [0.2, 0.25) is 10.0 Å². The highest BCUT2D eigenvalue weighted by atomic mass is 35.5. The first-order valence-corrected chi connectivity index (χ1v) is 10.9. The van der Waals surface area contributed by atoms with Crippen molar-refractivity contribution in [1.29, 1.82) is 0 Å². The minimum Gasteiger partial charge on any atom is -0.355 e. The molecule has 2 aromatic heterocycles. The Kier molecular flexibility index (Phi) is 4.54. The van der Waals surface area contributed by atoms with Crippen molar-refractivity contribution in [3.05, 3.63) is 58.2 Å². The number of nitrogens with zero attached hydrogens (tertiary/aromatic N) is 1. The lowest BCUT2D eigenvalue weighted by atomic mass is 9.95. The molecule has 0 spiro atoms. The van der Waals surface area contributed by atoms with Crippen molar-refractivity contribution in [2.24, 2.45) is 0 Å². The van der Waals surface area contributed by atoms with E-state index in [0.29, 0.717) is 39.1 Å². The fourth-order valence-electron chi connectivity index (χ4n) is 2.83. The number of rotatable bonds is 5. The van der Waals surface area contributed by atoms with Crippen molar-refractivity contribution in [2.45, 2.75) is 22.5 Å². The molecule has 10 heteroatoms. The van der Waals surface area contributed by atoms with Gasteiger partial charge in [-0.2, -0.15) is 0 Å². The van der Waals surface area contributed by atoms with Gasteiger partial charge >= 0.3 is 0 Å². The smallest absolute Gasteiger partial charge is 0.273 e. The molecule has 1 saturated carbocycles. The predicted molar refractivity (Wildman–Crippen MR) is 103 cm³/mol. The standard InChI is InChI=1S/C17H12Cl2N2O4S2/c18-10-1-2-11(12(19)9-10)17(6-7-17)16(22)21-27(23,24)15-4-3-14(26-15)13-5-8-20-25-13/h1-5,8-9H,6-7H2,(H,21,22). The van der Waals surface area contributed by atoms with Gasteiger partial charge in [-0.15, -0.1) is 11.3 Å². The third kappa shape index (κ3) is 3.38. The van der Waals surface area contributed by atoms with E-state index in [9.17, 15) is 13.2 Å². The monoisotopic (exact) mass is 442 g/mol. The van der Waals surface area contributed by atoms with Crippen LogP contribution in [0.3, 0.4) is 0 Å². The van der Waals surface area contributed by atoms with Gasteiger partial charge in [-0.25, -0.2) is 13.1 Å². The summed E-state index contributed by atoms with van der Waals surface area (Å²) < 4.78 is 32.5. The Bertz CT molecular complexity index is 1120. The minimum absolute atomic E-state index is 0.0141. The Morgan fingerprint density at radius 1 is 1.19 bits per heavy atom. The van der Waals surface area contributed by atoms with Gasteiger partial charge in [0.05, 0.1) is 16.5 Å². The van der Waals surface area contributed by atoms with E-state index in [-0.39, 0.29) is 4.21 Å². The predicted octanol–water partition coefficient (Wildman–Crippen LogP) is 4.25. The first-order valence-electron chi connectivity index (χ1n) is 7.85. The van der Waals surface area contributed by atoms with Crippen LogP contribution in [0.5, 0.6) is 0 Å². The van der Waals surface area contributed by atoms with Crippen LogP contribution in [-0.2, 0) is 20.2 Å². The van der Waals surface area contributed by atoms with Gasteiger partial charge in [-0.3, -0.25) is 4.79 Å². The Balaban J connectivity index is 1.59. The van der Waals surface area contributed by atoms with Crippen LogP contribution in [0.15, 0.2) is 51.3 Å². The zero-order valence-corrected chi connectivity index (χ0v) is 16.8. The molecule has 0 bridgehead atoms. The zero-order chi connectivity index (χ0) is 19.2. The number of nitrogens with one attached hydrogen (secondary N) is 1. The van der Waals surface area contributed by atoms with Gasteiger partial charge in [-0.05, 0) is 42.7 Å². The highest BCUT2D eigenvalue weighted by molar-refractivity contribution is 7.92. The van der Waals surface area contributed by atoms with Crippen molar-refractivity contribution < 1.29 is 17.7 Å². The van der Waals surface area contributed by atoms with Crippen molar-refractivity contribution >= 4 is 50.5 Å². The number of amides is 1. The maximum atomic E-state index is 12.8. The van der Waals surface area contributed by atoms with Crippen molar-refractivity contribution in [3.63, 3.8) is 0 Å². The molecule has 1 amide bonds. The SMILES string of the molecule is O=C(NS(=O)(=O)c1ccc(-c2ccno2)s1)C1(c2ccc(Cl)cc2Cl)CC1. The summed E-state index contributed by atoms with van der Waals surface area (Å²) in [7, 11) is -4.01. The average Bonchev–Trinajstić information content (AvgIpc) is 3.02. The Hall–Kier alpha value is -1.87. The molecule has 2 heterocycles. The number of halogens is 2. The summed E-state index contributed by atoms with van der Waals surface area (Å²) in [5.74, 6) is -0.138. The molecular weight excluding hydrogens is 431 g/mol. The largest absolute Gasteiger partial charge is 0.355 e. The second kappa shape index (κ2) is 6.63. The molecule has 0 radical (unpaired) electrons. The van der Waals surface area contributed by atoms with Crippen LogP contribution in [0.1, 0.15) is 18.4 Å². The van der Waals surface area contributed by atoms with Crippen LogP contribution >= 0.6 is 34.5 Å². The number of hydrogen-bond acceptors (Lipinski definition) is 6. The third-order valence-electron chi connectivity index (χ3n) is 4.39. The molecule has 6 nitrogen and oxygen atoms in total. The highest BCUT2D eigenvalue weighted by Gasteiger charge is 2.53. The van der Waals surface area contributed by atoms with Gasteiger partial charge in [0.25, 0.3) is 10.0 Å². The van der Waals surface area contributed by atoms with Gasteiger partial charge in [0.15, 0.2) is 5.76 Å². The van der Waals surface area contributed by atoms with Gasteiger partial charge in [-0.1, -0.05) is 34.4 Å². The maximum Gasteiger partial charge on any atom is 0.273 e. The van der Waals surface area contributed by atoms with Gasteiger partial charge in [0.1, 0.15) is 4.21 Å². The lowest BCUT2D eigenvalue weighted by molar-refractivity contribution is -0.121. The molecular formula is C17H12Cl2N2O4S2. The van der Waals surface area contributed by atoms with E-state index in [1.165, 1.54) is 12.3 Å². The van der Waals surface area contributed by atoms with Crippen LogP contribution < -0.4 is 4.72 Å². The highest BCUT2D eigenvalue weighted by Crippen LogP contribution is 2.51. The van der Waals surface area contributed by atoms with Crippen molar-refractivity contribution in [2.75, 3.05) is 0 Å². The number of carbonyl (C=O) groups excluding carboxylic acids is 1. The molecule has 0 unspecified atom stereocenters. The Morgan fingerprint density at radius 2 is 1.96 bits per heavy atom. The van der Waals surface area contributed by atoms with E-state index in [4.69, 9.17) is 27.7 Å². The van der Waals surface area contributed by atoms with E-state index in [2.05, 4.69) is 9.88 Å². The summed E-state index contributed by atoms with van der Waals surface area (Å²) in [6.45, 7) is 0. The van der Waals surface area contributed by atoms with E-state index in [0.717, 1.165) is 11.3 Å². The topological polar surface area (TPSA) is 89.3 Å². The lowest BCUT2D eigenvalue weighted by Crippen LogP contribution is -2.38. The lowest BCUT2D eigenvalue weighted by Gasteiger charge is -2.17. The summed E-state index contributed by atoms with van der Waals surface area (Å²) in [6.07, 6.45) is 2.50. The quantitative estimate of drug-likeness (QED) is 0.637. The molecule has 27 heavy (non-hydrogen) atoms. The van der Waals surface area contributed by atoms with E-state index >= 15 is 0 Å². The molecule has 1 N–H and O–H groups in total. The molecule has 3 aromatic rings. The molecule has 1 aliphatic carbocycles. The van der Waals surface area contributed by atoms with Crippen LogP contribution in [-0.4, -0.2) is 19.5 Å². The molecule has 0 atom stereocenters. The van der Waals surface area contributed by atoms with E-state index in [1.54, 1.807) is 30.3 Å². The summed E-state index contributed by atoms with van der Waals surface area (Å²) in [5.41, 5.74) is -0.366. The fourth-order valence-corrected chi connectivity index (χ4v) is 5.74. The Labute approximate surface area is 169 Å². The molecule has 1 aromatic carbocycles. The summed E-state index contributed by atoms with van der Waals surface area (Å²) in [6, 6.07) is 9.50. The first kappa shape index (κ1) is 18.5. The summed E-state index contributed by atoms with van der Waals surface area (Å²) in [5, 5.41) is 4.39. The van der Waals surface area contributed by atoms with Gasteiger partial charge in [0.2, 0.25) is 5.91 Å². The number of sulfonamides is 1. The second-order valence-corrected chi connectivity index (χ2v) is 9.97. The molecule has 0 aliphatic heterocycles. The molecule has 1 aliphatic rings. The van der Waals surface area contributed by atoms with E-state index < -0.39 is 21.3 Å². The number of carbonyl (C=O) groups is 1. The third-order valence-corrected chi connectivity index (χ3v) is 7.86. The first-order chi connectivity index (χ1) is 12.8. The number of aromatic nitrogens is 1. The van der Waals surface area contributed by atoms with Crippen LogP contribution in [0.4, 0.5) is 0 Å². The minimum atomic E-state index is -4.01. The van der Waals surface area contributed by atoms with Crippen LogP contribution in [0, 0.1) is 0 Å². The van der Waals surface area contributed by atoms with E-state index in [1.807, 2.05) is 0 Å². The Morgan fingerprint density at radius 3 is 2.59 bits per heavy atom. The van der Waals surface area contributed by atoms with Crippen molar-refractivity contribution in [3.8, 4) is 10.6 Å². The van der Waals surface area contributed by atoms with Gasteiger partial charge in [0, 0.05) is 16.1 Å². The number of benzene rings is 1. The average molecular weight is 443 g/mol. The zero-order valence-electron chi connectivity index (χ0n) is 13.6. The summed E-state index contributed by atoms with van der Waals surface area (Å²) in [4.78, 5) is 13.4. The fraction of sp³-hybridized carbons (Fsp3) is 0.176. The van der Waals surface area contributed by atoms with Gasteiger partial charge < -0.3 is 4.52 Å². The molecule has 140 valence electrons. The molecule has 0 saturated heterocycles. The normalized spacial score (nSPS) is 15.5. The molecule has 1 fully saturated rings. The number of hydrogen-bond donors (Lipinski definition) is 1. The second-order valence-electron chi connectivity index (χ2n) is 6.14.